The molecule has 0 amide bonds. The molecule has 0 aromatic heterocycles. The van der Waals surface area contributed by atoms with Gasteiger partial charge in [-0.05, 0) is 23.7 Å². The van der Waals surface area contributed by atoms with Crippen LogP contribution in [-0.2, 0) is 0 Å². The van der Waals surface area contributed by atoms with Crippen LogP contribution < -0.4 is 4.90 Å². The molecule has 0 bridgehead atoms. The molecule has 0 unspecified atom stereocenters. The Balaban J connectivity index is 2.82. The average Bonchev–Trinajstić information content (AvgIpc) is 2.07. The van der Waals surface area contributed by atoms with E-state index in [0.29, 0.717) is 0 Å². The largest absolute Gasteiger partial charge is 0.304 e. The molecule has 0 aliphatic heterocycles. The summed E-state index contributed by atoms with van der Waals surface area (Å²) < 4.78 is 0. The standard InChI is InChI=1S/C9H8ClN/c1-11(8-7-10)9-5-3-2-4-6-9/h2-6H,1H3. The van der Waals surface area contributed by atoms with Crippen molar-refractivity contribution in [1.82, 2.24) is 0 Å². The highest BCUT2D eigenvalue weighted by molar-refractivity contribution is 6.30. The molecule has 0 saturated heterocycles. The molecule has 2 heteroatoms. The number of benzene rings is 1. The lowest BCUT2D eigenvalue weighted by Crippen LogP contribution is -2.07. The van der Waals surface area contributed by atoms with Crippen molar-refractivity contribution in [2.75, 3.05) is 11.9 Å². The van der Waals surface area contributed by atoms with Crippen LogP contribution in [0.4, 0.5) is 5.69 Å². The highest BCUT2D eigenvalue weighted by Crippen LogP contribution is 2.08. The molecule has 1 rings (SSSR count). The summed E-state index contributed by atoms with van der Waals surface area (Å²) in [7, 11) is 1.87. The third-order valence-electron chi connectivity index (χ3n) is 1.35. The molecule has 0 fully saturated rings. The smallest absolute Gasteiger partial charge is 0.0486 e. The molecule has 0 radical (unpaired) electrons. The van der Waals surface area contributed by atoms with Gasteiger partial charge in [0.15, 0.2) is 0 Å². The van der Waals surface area contributed by atoms with Gasteiger partial charge in [0.2, 0.25) is 0 Å². The highest BCUT2D eigenvalue weighted by atomic mass is 35.5. The second-order valence-electron chi connectivity index (χ2n) is 2.10. The number of halogens is 1. The summed E-state index contributed by atoms with van der Waals surface area (Å²) in [6.07, 6.45) is 0. The summed E-state index contributed by atoms with van der Waals surface area (Å²) in [5.41, 5.74) is 1.04. The summed E-state index contributed by atoms with van der Waals surface area (Å²) in [6.45, 7) is 0. The van der Waals surface area contributed by atoms with E-state index in [9.17, 15) is 0 Å². The zero-order valence-electron chi connectivity index (χ0n) is 6.21. The van der Waals surface area contributed by atoms with Crippen LogP contribution in [-0.4, -0.2) is 7.05 Å². The highest BCUT2D eigenvalue weighted by Gasteiger charge is 1.92. The second kappa shape index (κ2) is 3.90. The molecule has 1 nitrogen and oxygen atoms in total. The third-order valence-corrected chi connectivity index (χ3v) is 1.44. The van der Waals surface area contributed by atoms with Gasteiger partial charge >= 0.3 is 0 Å². The molecule has 56 valence electrons. The molecular weight excluding hydrogens is 158 g/mol. The quantitative estimate of drug-likeness (QED) is 0.456. The van der Waals surface area contributed by atoms with Crippen molar-refractivity contribution >= 4 is 17.3 Å². The Morgan fingerprint density at radius 1 is 1.27 bits per heavy atom. The zero-order valence-corrected chi connectivity index (χ0v) is 6.97. The van der Waals surface area contributed by atoms with Crippen LogP contribution in [0, 0.1) is 11.4 Å². The molecule has 0 atom stereocenters. The Morgan fingerprint density at radius 2 is 1.91 bits per heavy atom. The number of hydrogen-bond donors (Lipinski definition) is 0. The topological polar surface area (TPSA) is 3.24 Å². The predicted molar refractivity (Wildman–Crippen MR) is 48.5 cm³/mol. The monoisotopic (exact) mass is 165 g/mol. The van der Waals surface area contributed by atoms with Crippen LogP contribution in [0.3, 0.4) is 0 Å². The molecule has 0 saturated carbocycles. The van der Waals surface area contributed by atoms with Crippen LogP contribution in [0.25, 0.3) is 0 Å². The molecule has 0 aliphatic rings. The van der Waals surface area contributed by atoms with Crippen molar-refractivity contribution < 1.29 is 0 Å². The number of rotatable bonds is 1. The summed E-state index contributed by atoms with van der Waals surface area (Å²) >= 11 is 5.24. The fourth-order valence-electron chi connectivity index (χ4n) is 0.780. The van der Waals surface area contributed by atoms with E-state index in [1.165, 1.54) is 0 Å². The van der Waals surface area contributed by atoms with Gasteiger partial charge in [-0.2, -0.15) is 0 Å². The summed E-state index contributed by atoms with van der Waals surface area (Å²) in [5.74, 6) is 0. The predicted octanol–water partition coefficient (Wildman–Crippen LogP) is 2.28. The Bertz CT molecular complexity index is 271. The van der Waals surface area contributed by atoms with Gasteiger partial charge in [-0.1, -0.05) is 18.2 Å². The van der Waals surface area contributed by atoms with E-state index in [2.05, 4.69) is 11.4 Å². The Labute approximate surface area is 71.6 Å². The van der Waals surface area contributed by atoms with Gasteiger partial charge < -0.3 is 4.90 Å². The number of hydrogen-bond acceptors (Lipinski definition) is 1. The lowest BCUT2D eigenvalue weighted by Gasteiger charge is -2.08. The SMILES string of the molecule is CN(C#CCl)c1ccccc1. The normalized spacial score (nSPS) is 8.18. The first-order valence-electron chi connectivity index (χ1n) is 3.24. The third kappa shape index (κ3) is 2.18. The van der Waals surface area contributed by atoms with E-state index in [4.69, 9.17) is 11.6 Å². The van der Waals surface area contributed by atoms with Crippen LogP contribution in [0.2, 0.25) is 0 Å². The first-order chi connectivity index (χ1) is 5.34. The molecule has 0 N–H and O–H groups in total. The van der Waals surface area contributed by atoms with Crippen LogP contribution >= 0.6 is 11.6 Å². The Morgan fingerprint density at radius 3 is 2.45 bits per heavy atom. The first-order valence-corrected chi connectivity index (χ1v) is 3.62. The summed E-state index contributed by atoms with van der Waals surface area (Å²) in [5, 5.41) is 2.31. The molecule has 1 aromatic carbocycles. The molecule has 0 aliphatic carbocycles. The lowest BCUT2D eigenvalue weighted by atomic mass is 10.3. The van der Waals surface area contributed by atoms with Gasteiger partial charge in [-0.3, -0.25) is 0 Å². The minimum absolute atomic E-state index is 1.04. The van der Waals surface area contributed by atoms with E-state index in [1.54, 1.807) is 4.90 Å². The summed E-state index contributed by atoms with van der Waals surface area (Å²) in [4.78, 5) is 1.77. The van der Waals surface area contributed by atoms with Crippen LogP contribution in [0.1, 0.15) is 0 Å². The maximum Gasteiger partial charge on any atom is 0.0486 e. The van der Waals surface area contributed by atoms with E-state index in [1.807, 2.05) is 37.4 Å². The fraction of sp³-hybridized carbons (Fsp3) is 0.111. The van der Waals surface area contributed by atoms with Gasteiger partial charge in [0, 0.05) is 24.2 Å². The van der Waals surface area contributed by atoms with E-state index in [-0.39, 0.29) is 0 Å². The molecule has 11 heavy (non-hydrogen) atoms. The first kappa shape index (κ1) is 7.97. The Kier molecular flexibility index (Phi) is 2.83. The average molecular weight is 166 g/mol. The molecule has 0 heterocycles. The van der Waals surface area contributed by atoms with E-state index < -0.39 is 0 Å². The number of anilines is 1. The Hall–Kier alpha value is -1.13. The molecule has 0 spiro atoms. The van der Waals surface area contributed by atoms with Gasteiger partial charge in [-0.15, -0.1) is 0 Å². The van der Waals surface area contributed by atoms with E-state index in [0.717, 1.165) is 5.69 Å². The van der Waals surface area contributed by atoms with Crippen molar-refractivity contribution in [1.29, 1.82) is 0 Å². The van der Waals surface area contributed by atoms with Crippen LogP contribution in [0.5, 0.6) is 0 Å². The van der Waals surface area contributed by atoms with Gasteiger partial charge in [-0.25, -0.2) is 0 Å². The van der Waals surface area contributed by atoms with Crippen molar-refractivity contribution in [2.45, 2.75) is 0 Å². The molecule has 1 aromatic rings. The van der Waals surface area contributed by atoms with Crippen molar-refractivity contribution in [2.24, 2.45) is 0 Å². The number of para-hydroxylation sites is 1. The second-order valence-corrected chi connectivity index (χ2v) is 2.29. The zero-order chi connectivity index (χ0) is 8.10. The van der Waals surface area contributed by atoms with Gasteiger partial charge in [0.05, 0.1) is 0 Å². The van der Waals surface area contributed by atoms with Crippen molar-refractivity contribution in [3.05, 3.63) is 30.3 Å². The maximum absolute atomic E-state index is 5.24. The minimum Gasteiger partial charge on any atom is -0.304 e. The van der Waals surface area contributed by atoms with Gasteiger partial charge in [0.25, 0.3) is 0 Å². The van der Waals surface area contributed by atoms with Crippen molar-refractivity contribution in [3.8, 4) is 11.4 Å². The number of nitrogens with zero attached hydrogens (tertiary/aromatic N) is 1. The lowest BCUT2D eigenvalue weighted by molar-refractivity contribution is 1.25. The fourth-order valence-corrected chi connectivity index (χ4v) is 0.906. The molecular formula is C9H8ClN. The minimum atomic E-state index is 1.04. The maximum atomic E-state index is 5.24. The van der Waals surface area contributed by atoms with Crippen LogP contribution in [0.15, 0.2) is 30.3 Å². The summed E-state index contributed by atoms with van der Waals surface area (Å²) in [6, 6.07) is 12.5. The van der Waals surface area contributed by atoms with Gasteiger partial charge in [0.1, 0.15) is 0 Å². The van der Waals surface area contributed by atoms with Crippen molar-refractivity contribution in [3.63, 3.8) is 0 Å². The van der Waals surface area contributed by atoms with E-state index >= 15 is 0 Å².